The smallest absolute Gasteiger partial charge is 0.0725 e. The minimum absolute atomic E-state index is 0.0360. The Morgan fingerprint density at radius 3 is 2.90 bits per heavy atom. The average molecular weight is 295 g/mol. The van der Waals surface area contributed by atoms with Crippen molar-refractivity contribution >= 4 is 21.4 Å². The molecule has 2 aromatic carbocycles. The number of ether oxygens (including phenoxy) is 1. The summed E-state index contributed by atoms with van der Waals surface area (Å²) < 4.78 is 6.81. The lowest BCUT2D eigenvalue weighted by Crippen LogP contribution is -2.13. The molecule has 1 atom stereocenters. The first-order chi connectivity index (χ1) is 10.3. The van der Waals surface area contributed by atoms with E-state index in [0.29, 0.717) is 0 Å². The van der Waals surface area contributed by atoms with Crippen molar-refractivity contribution in [3.05, 3.63) is 70.1 Å². The predicted molar refractivity (Wildman–Crippen MR) is 87.4 cm³/mol. The molecule has 0 aliphatic carbocycles. The molecule has 1 aromatic heterocycles. The van der Waals surface area contributed by atoms with Gasteiger partial charge in [-0.3, -0.25) is 0 Å². The third-order valence-electron chi connectivity index (χ3n) is 4.17. The van der Waals surface area contributed by atoms with Crippen molar-refractivity contribution in [2.75, 3.05) is 0 Å². The normalized spacial score (nSPS) is 15.3. The Morgan fingerprint density at radius 1 is 1.10 bits per heavy atom. The molecule has 2 heterocycles. The summed E-state index contributed by atoms with van der Waals surface area (Å²) in [6, 6.07) is 15.1. The van der Waals surface area contributed by atoms with Gasteiger partial charge in [0.2, 0.25) is 0 Å². The first-order valence-electron chi connectivity index (χ1n) is 7.21. The fourth-order valence-electron chi connectivity index (χ4n) is 2.97. The molecular weight excluding hydrogens is 278 g/mol. The molecule has 2 N–H and O–H groups in total. The Kier molecular flexibility index (Phi) is 3.26. The maximum absolute atomic E-state index is 6.44. The topological polar surface area (TPSA) is 35.2 Å². The number of hydrogen-bond donors (Lipinski definition) is 1. The van der Waals surface area contributed by atoms with E-state index in [1.54, 1.807) is 11.3 Å². The molecule has 0 spiro atoms. The molecule has 4 rings (SSSR count). The molecule has 106 valence electrons. The maximum atomic E-state index is 6.44. The van der Waals surface area contributed by atoms with Crippen molar-refractivity contribution in [1.82, 2.24) is 0 Å². The molecule has 0 radical (unpaired) electrons. The Morgan fingerprint density at radius 2 is 1.95 bits per heavy atom. The Hall–Kier alpha value is -1.68. The van der Waals surface area contributed by atoms with Crippen molar-refractivity contribution in [2.45, 2.75) is 25.7 Å². The molecule has 1 aliphatic rings. The molecule has 0 saturated carbocycles. The van der Waals surface area contributed by atoms with Crippen molar-refractivity contribution in [1.29, 1.82) is 0 Å². The van der Waals surface area contributed by atoms with Crippen LogP contribution < -0.4 is 5.73 Å². The van der Waals surface area contributed by atoms with Crippen LogP contribution >= 0.6 is 11.3 Å². The second kappa shape index (κ2) is 5.26. The van der Waals surface area contributed by atoms with E-state index in [1.807, 2.05) is 0 Å². The lowest BCUT2D eigenvalue weighted by atomic mass is 9.96. The van der Waals surface area contributed by atoms with Gasteiger partial charge < -0.3 is 10.5 Å². The average Bonchev–Trinajstić information content (AvgIpc) is 3.13. The molecule has 0 fully saturated rings. The van der Waals surface area contributed by atoms with Crippen molar-refractivity contribution in [3.63, 3.8) is 0 Å². The maximum Gasteiger partial charge on any atom is 0.0725 e. The van der Waals surface area contributed by atoms with E-state index in [-0.39, 0.29) is 6.04 Å². The summed E-state index contributed by atoms with van der Waals surface area (Å²) in [4.78, 5) is 0. The first kappa shape index (κ1) is 13.0. The van der Waals surface area contributed by atoms with Gasteiger partial charge in [0.05, 0.1) is 13.2 Å². The van der Waals surface area contributed by atoms with Crippen molar-refractivity contribution in [2.24, 2.45) is 5.73 Å². The molecule has 2 nitrogen and oxygen atoms in total. The molecule has 1 aliphatic heterocycles. The van der Waals surface area contributed by atoms with Gasteiger partial charge in [0.15, 0.2) is 0 Å². The third-order valence-corrected chi connectivity index (χ3v) is 5.19. The number of hydrogen-bond acceptors (Lipinski definition) is 3. The highest BCUT2D eigenvalue weighted by Crippen LogP contribution is 2.30. The molecule has 21 heavy (non-hydrogen) atoms. The fraction of sp³-hybridized carbons (Fsp3) is 0.222. The highest BCUT2D eigenvalue weighted by molar-refractivity contribution is 7.17. The van der Waals surface area contributed by atoms with Crippen molar-refractivity contribution in [3.8, 4) is 0 Å². The Bertz CT molecular complexity index is 793. The summed E-state index contributed by atoms with van der Waals surface area (Å²) >= 11 is 1.80. The van der Waals surface area contributed by atoms with Gasteiger partial charge in [0, 0.05) is 10.7 Å². The van der Waals surface area contributed by atoms with Crippen LogP contribution in [-0.4, -0.2) is 0 Å². The van der Waals surface area contributed by atoms with Crippen LogP contribution in [-0.2, 0) is 24.4 Å². The van der Waals surface area contributed by atoms with Crippen LogP contribution in [0.4, 0.5) is 0 Å². The number of benzene rings is 2. The number of thiophene rings is 1. The summed E-state index contributed by atoms with van der Waals surface area (Å²) in [6.45, 7) is 1.46. The zero-order chi connectivity index (χ0) is 14.2. The van der Waals surface area contributed by atoms with Crippen LogP contribution in [0.15, 0.2) is 47.8 Å². The zero-order valence-corrected chi connectivity index (χ0v) is 12.5. The van der Waals surface area contributed by atoms with Crippen molar-refractivity contribution < 1.29 is 4.74 Å². The molecular formula is C18H17NOS. The third kappa shape index (κ3) is 2.38. The SMILES string of the molecule is NC(Cc1csc2ccccc12)c1ccc2c(c1)COC2. The lowest BCUT2D eigenvalue weighted by Gasteiger charge is -2.13. The van der Waals surface area contributed by atoms with Crippen LogP contribution in [0.25, 0.3) is 10.1 Å². The fourth-order valence-corrected chi connectivity index (χ4v) is 3.94. The number of rotatable bonds is 3. The number of fused-ring (bicyclic) bond motifs is 2. The monoisotopic (exact) mass is 295 g/mol. The number of nitrogens with two attached hydrogens (primary N) is 1. The van der Waals surface area contributed by atoms with Crippen LogP contribution in [0.3, 0.4) is 0 Å². The standard InChI is InChI=1S/C18H17NOS/c19-17(12-5-6-13-9-20-10-14(13)7-12)8-15-11-21-18-4-2-1-3-16(15)18/h1-7,11,17H,8-10,19H2. The first-order valence-corrected chi connectivity index (χ1v) is 8.09. The molecule has 0 bridgehead atoms. The van der Waals surface area contributed by atoms with Gasteiger partial charge in [0.25, 0.3) is 0 Å². The van der Waals surface area contributed by atoms with E-state index < -0.39 is 0 Å². The highest BCUT2D eigenvalue weighted by atomic mass is 32.1. The van der Waals surface area contributed by atoms with Crippen LogP contribution in [0, 0.1) is 0 Å². The van der Waals surface area contributed by atoms with E-state index in [2.05, 4.69) is 47.8 Å². The summed E-state index contributed by atoms with van der Waals surface area (Å²) in [6.07, 6.45) is 0.879. The molecule has 0 amide bonds. The zero-order valence-electron chi connectivity index (χ0n) is 11.7. The van der Waals surface area contributed by atoms with Gasteiger partial charge in [-0.15, -0.1) is 11.3 Å². The Labute approximate surface area is 128 Å². The summed E-state index contributed by atoms with van der Waals surface area (Å²) in [7, 11) is 0. The van der Waals surface area contributed by atoms with E-state index in [9.17, 15) is 0 Å². The molecule has 3 aromatic rings. The van der Waals surface area contributed by atoms with E-state index in [0.717, 1.165) is 19.6 Å². The summed E-state index contributed by atoms with van der Waals surface area (Å²) in [5.41, 5.74) is 11.6. The van der Waals surface area contributed by atoms with E-state index in [1.165, 1.54) is 32.3 Å². The van der Waals surface area contributed by atoms with E-state index >= 15 is 0 Å². The van der Waals surface area contributed by atoms with Gasteiger partial charge in [-0.25, -0.2) is 0 Å². The molecule has 0 saturated heterocycles. The summed E-state index contributed by atoms with van der Waals surface area (Å²) in [5.74, 6) is 0. The molecule has 3 heteroatoms. The quantitative estimate of drug-likeness (QED) is 0.787. The van der Waals surface area contributed by atoms with Crippen LogP contribution in [0.1, 0.15) is 28.3 Å². The van der Waals surface area contributed by atoms with Crippen LogP contribution in [0.5, 0.6) is 0 Å². The second-order valence-corrected chi connectivity index (χ2v) is 6.50. The van der Waals surface area contributed by atoms with Gasteiger partial charge in [-0.2, -0.15) is 0 Å². The second-order valence-electron chi connectivity index (χ2n) is 5.59. The van der Waals surface area contributed by atoms with Gasteiger partial charge in [-0.05, 0) is 45.5 Å². The van der Waals surface area contributed by atoms with Gasteiger partial charge in [-0.1, -0.05) is 36.4 Å². The van der Waals surface area contributed by atoms with E-state index in [4.69, 9.17) is 10.5 Å². The van der Waals surface area contributed by atoms with Gasteiger partial charge >= 0.3 is 0 Å². The van der Waals surface area contributed by atoms with Gasteiger partial charge in [0.1, 0.15) is 0 Å². The molecule has 1 unspecified atom stereocenters. The van der Waals surface area contributed by atoms with Crippen LogP contribution in [0.2, 0.25) is 0 Å². The lowest BCUT2D eigenvalue weighted by molar-refractivity contribution is 0.134. The minimum Gasteiger partial charge on any atom is -0.372 e. The summed E-state index contributed by atoms with van der Waals surface area (Å²) in [5, 5.41) is 3.57. The highest BCUT2D eigenvalue weighted by Gasteiger charge is 2.15. The minimum atomic E-state index is 0.0360. The predicted octanol–water partition coefficient (Wildman–Crippen LogP) is 4.17. The Balaban J connectivity index is 1.62. The largest absolute Gasteiger partial charge is 0.372 e.